The molecule has 0 unspecified atom stereocenters. The van der Waals surface area contributed by atoms with E-state index in [1.807, 2.05) is 30.3 Å². The Balaban J connectivity index is 1.56. The third-order valence-electron chi connectivity index (χ3n) is 3.61. The summed E-state index contributed by atoms with van der Waals surface area (Å²) in [6.07, 6.45) is -4.73. The summed E-state index contributed by atoms with van der Waals surface area (Å²) in [5.74, 6) is 0. The largest absolute Gasteiger partial charge is 0.434 e. The van der Waals surface area contributed by atoms with Crippen LogP contribution in [0.2, 0.25) is 0 Å². The van der Waals surface area contributed by atoms with E-state index in [1.165, 1.54) is 0 Å². The molecular formula is C15H13F4NOS. The number of aromatic nitrogens is 1. The number of alkyl halides is 4. The maximum absolute atomic E-state index is 14.5. The van der Waals surface area contributed by atoms with E-state index in [1.54, 1.807) is 0 Å². The van der Waals surface area contributed by atoms with Crippen LogP contribution in [0.3, 0.4) is 0 Å². The van der Waals surface area contributed by atoms with E-state index in [4.69, 9.17) is 4.74 Å². The summed E-state index contributed by atoms with van der Waals surface area (Å²) in [7, 11) is 0. The molecule has 0 amide bonds. The maximum atomic E-state index is 14.5. The van der Waals surface area contributed by atoms with Gasteiger partial charge in [0.15, 0.2) is 11.4 Å². The number of thiazole rings is 1. The first-order valence-corrected chi connectivity index (χ1v) is 7.62. The quantitative estimate of drug-likeness (QED) is 0.757. The van der Waals surface area contributed by atoms with Gasteiger partial charge in [0.2, 0.25) is 0 Å². The van der Waals surface area contributed by atoms with Crippen molar-refractivity contribution in [3.8, 4) is 0 Å². The zero-order chi connectivity index (χ0) is 15.8. The second-order valence-electron chi connectivity index (χ2n) is 5.33. The summed E-state index contributed by atoms with van der Waals surface area (Å²) in [6, 6.07) is 9.45. The van der Waals surface area contributed by atoms with Gasteiger partial charge in [-0.25, -0.2) is 9.37 Å². The first-order chi connectivity index (χ1) is 10.4. The van der Waals surface area contributed by atoms with Crippen molar-refractivity contribution in [1.82, 2.24) is 4.98 Å². The van der Waals surface area contributed by atoms with Gasteiger partial charge in [-0.1, -0.05) is 30.3 Å². The zero-order valence-electron chi connectivity index (χ0n) is 11.4. The molecule has 3 rings (SSSR count). The first kappa shape index (κ1) is 15.4. The van der Waals surface area contributed by atoms with Gasteiger partial charge >= 0.3 is 6.18 Å². The average molecular weight is 331 g/mol. The first-order valence-electron chi connectivity index (χ1n) is 6.74. The molecule has 1 fully saturated rings. The lowest BCUT2D eigenvalue weighted by Crippen LogP contribution is -2.42. The lowest BCUT2D eigenvalue weighted by Gasteiger charge is -2.39. The summed E-state index contributed by atoms with van der Waals surface area (Å²) >= 11 is 0.714. The summed E-state index contributed by atoms with van der Waals surface area (Å²) in [5.41, 5.74) is -1.85. The highest BCUT2D eigenvalue weighted by Crippen LogP contribution is 2.48. The second kappa shape index (κ2) is 5.62. The lowest BCUT2D eigenvalue weighted by molar-refractivity contribution is -0.141. The molecule has 0 saturated heterocycles. The van der Waals surface area contributed by atoms with Gasteiger partial charge in [0.05, 0.1) is 12.7 Å². The molecule has 0 aliphatic heterocycles. The minimum Gasteiger partial charge on any atom is -0.373 e. The zero-order valence-corrected chi connectivity index (χ0v) is 12.3. The summed E-state index contributed by atoms with van der Waals surface area (Å²) in [4.78, 5) is 3.39. The smallest absolute Gasteiger partial charge is 0.373 e. The van der Waals surface area contributed by atoms with Crippen LogP contribution in [0.5, 0.6) is 0 Å². The van der Waals surface area contributed by atoms with Crippen LogP contribution in [0.25, 0.3) is 0 Å². The van der Waals surface area contributed by atoms with Crippen LogP contribution in [0.1, 0.15) is 29.1 Å². The molecule has 1 aromatic carbocycles. The van der Waals surface area contributed by atoms with E-state index in [0.717, 1.165) is 10.9 Å². The van der Waals surface area contributed by atoms with Crippen LogP contribution < -0.4 is 0 Å². The Labute approximate surface area is 128 Å². The lowest BCUT2D eigenvalue weighted by atomic mass is 9.79. The average Bonchev–Trinajstić information content (AvgIpc) is 2.93. The maximum Gasteiger partial charge on any atom is 0.434 e. The van der Waals surface area contributed by atoms with Crippen molar-refractivity contribution in [2.24, 2.45) is 0 Å². The van der Waals surface area contributed by atoms with Crippen molar-refractivity contribution in [2.75, 3.05) is 0 Å². The molecule has 7 heteroatoms. The predicted octanol–water partition coefficient (Wildman–Crippen LogP) is 4.71. The number of benzene rings is 1. The molecule has 2 nitrogen and oxygen atoms in total. The fourth-order valence-corrected chi connectivity index (χ4v) is 3.29. The highest BCUT2D eigenvalue weighted by molar-refractivity contribution is 7.09. The van der Waals surface area contributed by atoms with Gasteiger partial charge in [-0.05, 0) is 5.56 Å². The Hall–Kier alpha value is -1.47. The minimum atomic E-state index is -4.53. The highest BCUT2D eigenvalue weighted by atomic mass is 32.1. The molecule has 1 aromatic heterocycles. The Morgan fingerprint density at radius 3 is 2.50 bits per heavy atom. The summed E-state index contributed by atoms with van der Waals surface area (Å²) < 4.78 is 57.6. The number of halogens is 4. The van der Waals surface area contributed by atoms with Crippen LogP contribution >= 0.6 is 11.3 Å². The molecule has 0 N–H and O–H groups in total. The van der Waals surface area contributed by atoms with E-state index < -0.39 is 17.5 Å². The van der Waals surface area contributed by atoms with Crippen molar-refractivity contribution in [2.45, 2.75) is 37.4 Å². The van der Waals surface area contributed by atoms with Crippen molar-refractivity contribution in [3.63, 3.8) is 0 Å². The molecule has 1 heterocycles. The van der Waals surface area contributed by atoms with E-state index in [-0.39, 0.29) is 24.0 Å². The Morgan fingerprint density at radius 1 is 1.23 bits per heavy atom. The van der Waals surface area contributed by atoms with Gasteiger partial charge in [-0.15, -0.1) is 11.3 Å². The van der Waals surface area contributed by atoms with Crippen LogP contribution in [0.4, 0.5) is 17.6 Å². The van der Waals surface area contributed by atoms with Crippen LogP contribution in [0.15, 0.2) is 35.7 Å². The van der Waals surface area contributed by atoms with E-state index in [9.17, 15) is 17.6 Å². The minimum absolute atomic E-state index is 0.0463. The third-order valence-corrected chi connectivity index (χ3v) is 4.63. The van der Waals surface area contributed by atoms with Crippen molar-refractivity contribution in [1.29, 1.82) is 0 Å². The molecule has 22 heavy (non-hydrogen) atoms. The molecule has 1 aliphatic carbocycles. The van der Waals surface area contributed by atoms with Gasteiger partial charge in [-0.2, -0.15) is 13.2 Å². The van der Waals surface area contributed by atoms with Gasteiger partial charge in [0.1, 0.15) is 5.01 Å². The third kappa shape index (κ3) is 3.15. The van der Waals surface area contributed by atoms with Gasteiger partial charge in [0.25, 0.3) is 0 Å². The van der Waals surface area contributed by atoms with Crippen molar-refractivity contribution >= 4 is 11.3 Å². The molecule has 0 spiro atoms. The molecule has 118 valence electrons. The number of hydrogen-bond acceptors (Lipinski definition) is 3. The van der Waals surface area contributed by atoms with Crippen LogP contribution in [-0.2, 0) is 23.2 Å². The molecule has 1 saturated carbocycles. The molecule has 0 atom stereocenters. The van der Waals surface area contributed by atoms with Gasteiger partial charge < -0.3 is 4.74 Å². The SMILES string of the molecule is FC(F)(F)c1csc(C2(F)CC(OCc3ccccc3)C2)n1. The standard InChI is InChI=1S/C15H13F4NOS/c16-14(13-20-12(9-22-13)15(17,18)19)6-11(7-14)21-8-10-4-2-1-3-5-10/h1-5,9,11H,6-8H2. The van der Waals surface area contributed by atoms with Gasteiger partial charge in [-0.3, -0.25) is 0 Å². The summed E-state index contributed by atoms with van der Waals surface area (Å²) in [5, 5.41) is 0.744. The fraction of sp³-hybridized carbons (Fsp3) is 0.400. The van der Waals surface area contributed by atoms with E-state index >= 15 is 0 Å². The topological polar surface area (TPSA) is 22.1 Å². The van der Waals surface area contributed by atoms with Crippen molar-refractivity contribution in [3.05, 3.63) is 52.0 Å². The van der Waals surface area contributed by atoms with Crippen LogP contribution in [0, 0.1) is 0 Å². The van der Waals surface area contributed by atoms with Crippen LogP contribution in [-0.4, -0.2) is 11.1 Å². The molecule has 0 radical (unpaired) electrons. The molecule has 1 aliphatic rings. The normalized spacial score (nSPS) is 25.0. The highest BCUT2D eigenvalue weighted by Gasteiger charge is 2.50. The van der Waals surface area contributed by atoms with Gasteiger partial charge in [0, 0.05) is 18.2 Å². The monoisotopic (exact) mass is 331 g/mol. The molecular weight excluding hydrogens is 318 g/mol. The molecule has 0 bridgehead atoms. The number of nitrogens with zero attached hydrogens (tertiary/aromatic N) is 1. The Morgan fingerprint density at radius 2 is 1.91 bits per heavy atom. The predicted molar refractivity (Wildman–Crippen MR) is 74.2 cm³/mol. The summed E-state index contributed by atoms with van der Waals surface area (Å²) in [6.45, 7) is 0.368. The van der Waals surface area contributed by atoms with E-state index in [0.29, 0.717) is 17.9 Å². The molecule has 2 aromatic rings. The number of rotatable bonds is 4. The van der Waals surface area contributed by atoms with Crippen molar-refractivity contribution < 1.29 is 22.3 Å². The van der Waals surface area contributed by atoms with E-state index in [2.05, 4.69) is 4.98 Å². The Kier molecular flexibility index (Phi) is 3.94. The number of hydrogen-bond donors (Lipinski definition) is 0. The number of ether oxygens (including phenoxy) is 1. The fourth-order valence-electron chi connectivity index (χ4n) is 2.35. The Bertz CT molecular complexity index is 634. The second-order valence-corrected chi connectivity index (χ2v) is 6.19.